The number of carbonyl (C=O) groups is 1. The zero-order valence-electron chi connectivity index (χ0n) is 17.4. The summed E-state index contributed by atoms with van der Waals surface area (Å²) in [5, 5.41) is 4.76. The number of benzene rings is 2. The topological polar surface area (TPSA) is 41.4 Å². The summed E-state index contributed by atoms with van der Waals surface area (Å²) >= 11 is 0. The molecule has 2 aromatic carbocycles. The van der Waals surface area contributed by atoms with E-state index < -0.39 is 0 Å². The molecule has 0 spiro atoms. The molecule has 5 heteroatoms. The maximum Gasteiger partial charge on any atom is 0.253 e. The molecule has 5 nitrogen and oxygen atoms in total. The average Bonchev–Trinajstić information content (AvgIpc) is 3.03. The van der Waals surface area contributed by atoms with Crippen molar-refractivity contribution in [2.75, 3.05) is 26.2 Å². The van der Waals surface area contributed by atoms with Gasteiger partial charge < -0.3 is 4.90 Å². The van der Waals surface area contributed by atoms with Crippen LogP contribution >= 0.6 is 0 Å². The Bertz CT molecular complexity index is 984. The molecule has 4 rings (SSSR count). The molecule has 0 unspecified atom stereocenters. The van der Waals surface area contributed by atoms with Crippen molar-refractivity contribution in [3.8, 4) is 5.69 Å². The highest BCUT2D eigenvalue weighted by atomic mass is 16.2. The first-order valence-corrected chi connectivity index (χ1v) is 10.2. The van der Waals surface area contributed by atoms with Gasteiger partial charge in [-0.25, -0.2) is 4.68 Å². The molecule has 1 amide bonds. The van der Waals surface area contributed by atoms with Crippen molar-refractivity contribution in [3.05, 3.63) is 82.7 Å². The fraction of sp³-hybridized carbons (Fsp3) is 0.333. The van der Waals surface area contributed by atoms with Crippen LogP contribution in [0.2, 0.25) is 0 Å². The van der Waals surface area contributed by atoms with Crippen LogP contribution in [0.25, 0.3) is 5.69 Å². The Morgan fingerprint density at radius 3 is 2.21 bits per heavy atom. The second-order valence-electron chi connectivity index (χ2n) is 7.83. The summed E-state index contributed by atoms with van der Waals surface area (Å²) in [7, 11) is 0. The minimum Gasteiger partial charge on any atom is -0.336 e. The standard InChI is InChI=1S/C24H28N4O/c1-18-9-11-21(12-10-18)24(29)27-15-13-26(14-16-27)17-23-19(2)25-28(20(23)3)22-7-5-4-6-8-22/h4-12H,13-17H2,1-3H3. The Morgan fingerprint density at radius 2 is 1.55 bits per heavy atom. The quantitative estimate of drug-likeness (QED) is 0.683. The minimum atomic E-state index is 0.133. The van der Waals surface area contributed by atoms with Crippen molar-refractivity contribution in [1.29, 1.82) is 0 Å². The molecule has 2 heterocycles. The summed E-state index contributed by atoms with van der Waals surface area (Å²) < 4.78 is 2.03. The lowest BCUT2D eigenvalue weighted by atomic mass is 10.1. The number of piperazine rings is 1. The smallest absolute Gasteiger partial charge is 0.253 e. The molecule has 0 radical (unpaired) electrons. The van der Waals surface area contributed by atoms with Gasteiger partial charge in [-0.05, 0) is 45.0 Å². The van der Waals surface area contributed by atoms with Crippen molar-refractivity contribution in [2.24, 2.45) is 0 Å². The molecule has 3 aromatic rings. The van der Waals surface area contributed by atoms with Gasteiger partial charge in [0.05, 0.1) is 11.4 Å². The number of carbonyl (C=O) groups excluding carboxylic acids is 1. The molecule has 1 saturated heterocycles. The van der Waals surface area contributed by atoms with E-state index in [1.807, 2.05) is 59.0 Å². The maximum atomic E-state index is 12.7. The van der Waals surface area contributed by atoms with E-state index in [2.05, 4.69) is 30.9 Å². The molecule has 150 valence electrons. The van der Waals surface area contributed by atoms with Gasteiger partial charge in [0.15, 0.2) is 0 Å². The lowest BCUT2D eigenvalue weighted by molar-refractivity contribution is 0.0628. The van der Waals surface area contributed by atoms with E-state index in [-0.39, 0.29) is 5.91 Å². The van der Waals surface area contributed by atoms with E-state index in [9.17, 15) is 4.79 Å². The molecule has 1 aromatic heterocycles. The number of hydrogen-bond acceptors (Lipinski definition) is 3. The monoisotopic (exact) mass is 388 g/mol. The molecule has 1 aliphatic heterocycles. The molecule has 0 N–H and O–H groups in total. The summed E-state index contributed by atoms with van der Waals surface area (Å²) in [6, 6.07) is 18.1. The maximum absolute atomic E-state index is 12.7. The third kappa shape index (κ3) is 4.10. The van der Waals surface area contributed by atoms with Gasteiger partial charge in [-0.3, -0.25) is 9.69 Å². The van der Waals surface area contributed by atoms with Crippen LogP contribution in [-0.4, -0.2) is 51.7 Å². The minimum absolute atomic E-state index is 0.133. The zero-order valence-corrected chi connectivity index (χ0v) is 17.4. The van der Waals surface area contributed by atoms with Gasteiger partial charge in [0, 0.05) is 49.5 Å². The zero-order chi connectivity index (χ0) is 20.4. The fourth-order valence-electron chi connectivity index (χ4n) is 3.94. The largest absolute Gasteiger partial charge is 0.336 e. The van der Waals surface area contributed by atoms with Crippen LogP contribution in [0.15, 0.2) is 54.6 Å². The lowest BCUT2D eigenvalue weighted by Crippen LogP contribution is -2.48. The molecular formula is C24H28N4O. The number of aromatic nitrogens is 2. The van der Waals surface area contributed by atoms with Gasteiger partial charge in [-0.15, -0.1) is 0 Å². The predicted molar refractivity (Wildman–Crippen MR) is 115 cm³/mol. The van der Waals surface area contributed by atoms with Gasteiger partial charge in [0.25, 0.3) is 5.91 Å². The number of amides is 1. The van der Waals surface area contributed by atoms with E-state index in [1.165, 1.54) is 16.8 Å². The van der Waals surface area contributed by atoms with E-state index in [0.29, 0.717) is 0 Å². The first kappa shape index (κ1) is 19.4. The number of para-hydroxylation sites is 1. The molecule has 0 saturated carbocycles. The Hall–Kier alpha value is -2.92. The van der Waals surface area contributed by atoms with Crippen LogP contribution in [0.4, 0.5) is 0 Å². The van der Waals surface area contributed by atoms with Crippen molar-refractivity contribution in [3.63, 3.8) is 0 Å². The van der Waals surface area contributed by atoms with Crippen molar-refractivity contribution in [1.82, 2.24) is 19.6 Å². The van der Waals surface area contributed by atoms with E-state index in [4.69, 9.17) is 5.10 Å². The van der Waals surface area contributed by atoms with Gasteiger partial charge in [-0.2, -0.15) is 5.10 Å². The SMILES string of the molecule is Cc1ccc(C(=O)N2CCN(Cc3c(C)nn(-c4ccccc4)c3C)CC2)cc1. The number of hydrogen-bond donors (Lipinski definition) is 0. The highest BCUT2D eigenvalue weighted by molar-refractivity contribution is 5.94. The number of nitrogens with zero attached hydrogens (tertiary/aromatic N) is 4. The predicted octanol–water partition coefficient (Wildman–Crippen LogP) is 3.76. The van der Waals surface area contributed by atoms with Crippen molar-refractivity contribution >= 4 is 5.91 Å². The molecular weight excluding hydrogens is 360 g/mol. The van der Waals surface area contributed by atoms with Crippen LogP contribution in [-0.2, 0) is 6.54 Å². The van der Waals surface area contributed by atoms with E-state index in [0.717, 1.165) is 49.7 Å². The Kier molecular flexibility index (Phi) is 5.49. The molecule has 0 aliphatic carbocycles. The fourth-order valence-corrected chi connectivity index (χ4v) is 3.94. The highest BCUT2D eigenvalue weighted by Crippen LogP contribution is 2.20. The van der Waals surface area contributed by atoms with Gasteiger partial charge in [0.2, 0.25) is 0 Å². The van der Waals surface area contributed by atoms with Crippen LogP contribution in [0.5, 0.6) is 0 Å². The molecule has 1 aliphatic rings. The van der Waals surface area contributed by atoms with E-state index in [1.54, 1.807) is 0 Å². The summed E-state index contributed by atoms with van der Waals surface area (Å²) in [5.41, 5.74) is 6.59. The summed E-state index contributed by atoms with van der Waals surface area (Å²) in [5.74, 6) is 0.133. The average molecular weight is 389 g/mol. The Balaban J connectivity index is 1.41. The van der Waals surface area contributed by atoms with Crippen LogP contribution in [0.3, 0.4) is 0 Å². The summed E-state index contributed by atoms with van der Waals surface area (Å²) in [4.78, 5) is 17.1. The molecule has 0 bridgehead atoms. The lowest BCUT2D eigenvalue weighted by Gasteiger charge is -2.34. The van der Waals surface area contributed by atoms with Crippen molar-refractivity contribution in [2.45, 2.75) is 27.3 Å². The second kappa shape index (κ2) is 8.21. The van der Waals surface area contributed by atoms with Crippen LogP contribution in [0.1, 0.15) is 32.9 Å². The summed E-state index contributed by atoms with van der Waals surface area (Å²) in [6.45, 7) is 10.4. The van der Waals surface area contributed by atoms with Gasteiger partial charge in [0.1, 0.15) is 0 Å². The van der Waals surface area contributed by atoms with Gasteiger partial charge in [-0.1, -0.05) is 35.9 Å². The Labute approximate surface area is 172 Å². The highest BCUT2D eigenvalue weighted by Gasteiger charge is 2.24. The third-order valence-corrected chi connectivity index (χ3v) is 5.78. The molecule has 1 fully saturated rings. The molecule has 0 atom stereocenters. The molecule has 29 heavy (non-hydrogen) atoms. The summed E-state index contributed by atoms with van der Waals surface area (Å²) in [6.07, 6.45) is 0. The Morgan fingerprint density at radius 1 is 0.897 bits per heavy atom. The first-order valence-electron chi connectivity index (χ1n) is 10.2. The van der Waals surface area contributed by atoms with Crippen molar-refractivity contribution < 1.29 is 4.79 Å². The third-order valence-electron chi connectivity index (χ3n) is 5.78. The second-order valence-corrected chi connectivity index (χ2v) is 7.83. The number of rotatable bonds is 4. The van der Waals surface area contributed by atoms with Crippen LogP contribution < -0.4 is 0 Å². The normalized spacial score (nSPS) is 14.9. The van der Waals surface area contributed by atoms with E-state index >= 15 is 0 Å². The van der Waals surface area contributed by atoms with Crippen LogP contribution in [0, 0.1) is 20.8 Å². The first-order chi connectivity index (χ1) is 14.0. The number of aryl methyl sites for hydroxylation is 2. The van der Waals surface area contributed by atoms with Gasteiger partial charge >= 0.3 is 0 Å².